The highest BCUT2D eigenvalue weighted by molar-refractivity contribution is 6.08. The molecular formula is C6H14BN. The average Bonchev–Trinajstić information content (AvgIpc) is 1.83. The van der Waals surface area contributed by atoms with Crippen LogP contribution in [0.25, 0.3) is 0 Å². The first-order chi connectivity index (χ1) is 3.81. The molecule has 1 nitrogen and oxygen atoms in total. The minimum absolute atomic E-state index is 1.04. The molecule has 1 N–H and O–H groups in total. The highest BCUT2D eigenvalue weighted by Gasteiger charge is 1.83. The smallest absolute Gasteiger partial charge is 0.103 e. The Labute approximate surface area is 52.6 Å². The normalized spacial score (nSPS) is 8.62. The summed E-state index contributed by atoms with van der Waals surface area (Å²) in [5.74, 6) is 0. The van der Waals surface area contributed by atoms with Crippen LogP contribution in [-0.4, -0.2) is 14.4 Å². The van der Waals surface area contributed by atoms with E-state index in [4.69, 9.17) is 0 Å². The predicted octanol–water partition coefficient (Wildman–Crippen LogP) is 0.551. The first kappa shape index (κ1) is 7.60. The van der Waals surface area contributed by atoms with E-state index < -0.39 is 0 Å². The van der Waals surface area contributed by atoms with Crippen LogP contribution < -0.4 is 5.32 Å². The molecule has 0 amide bonds. The van der Waals surface area contributed by atoms with E-state index in [-0.39, 0.29) is 0 Å². The zero-order chi connectivity index (χ0) is 6.41. The summed E-state index contributed by atoms with van der Waals surface area (Å²) in [4.78, 5) is 0. The van der Waals surface area contributed by atoms with Gasteiger partial charge in [0.25, 0.3) is 0 Å². The molecule has 0 bridgehead atoms. The summed E-state index contributed by atoms with van der Waals surface area (Å²) in [6.45, 7) is 6.96. The van der Waals surface area contributed by atoms with Crippen molar-refractivity contribution in [3.05, 3.63) is 12.3 Å². The maximum Gasteiger partial charge on any atom is 0.103 e. The van der Waals surface area contributed by atoms with Gasteiger partial charge in [-0.2, -0.15) is 0 Å². The topological polar surface area (TPSA) is 12.0 Å². The van der Waals surface area contributed by atoms with E-state index in [2.05, 4.69) is 26.7 Å². The van der Waals surface area contributed by atoms with E-state index in [0.717, 1.165) is 18.7 Å². The monoisotopic (exact) mass is 111 g/mol. The maximum atomic E-state index is 3.80. The molecular weight excluding hydrogens is 96.9 g/mol. The molecule has 8 heavy (non-hydrogen) atoms. The molecule has 0 aromatic carbocycles. The second-order valence-corrected chi connectivity index (χ2v) is 1.88. The summed E-state index contributed by atoms with van der Waals surface area (Å²) in [5, 5.41) is 3.19. The van der Waals surface area contributed by atoms with Gasteiger partial charge in [0.05, 0.1) is 0 Å². The number of allylic oxidation sites excluding steroid dienone is 1. The summed E-state index contributed by atoms with van der Waals surface area (Å²) >= 11 is 0. The van der Waals surface area contributed by atoms with Crippen LogP contribution in [0.5, 0.6) is 0 Å². The first-order valence-electron chi connectivity index (χ1n) is 3.22. The Morgan fingerprint density at radius 1 is 1.75 bits per heavy atom. The summed E-state index contributed by atoms with van der Waals surface area (Å²) in [6, 6.07) is 0. The molecule has 0 aliphatic rings. The number of rotatable bonds is 4. The molecule has 0 saturated heterocycles. The SMILES string of the molecule is BCCNC(=C)CC. The Balaban J connectivity index is 2.99. The molecule has 0 spiro atoms. The van der Waals surface area contributed by atoms with Crippen molar-refractivity contribution < 1.29 is 0 Å². The standard InChI is InChI=1S/C6H14BN/c1-3-6(2)8-5-4-7/h8H,2-5,7H2,1H3. The Hall–Kier alpha value is -0.395. The Bertz CT molecular complexity index is 70.9. The van der Waals surface area contributed by atoms with E-state index >= 15 is 0 Å². The Morgan fingerprint density at radius 3 is 2.75 bits per heavy atom. The molecule has 2 heteroatoms. The minimum atomic E-state index is 1.04. The molecule has 0 aliphatic carbocycles. The molecule has 0 aliphatic heterocycles. The van der Waals surface area contributed by atoms with Crippen molar-refractivity contribution >= 4 is 7.85 Å². The number of nitrogens with one attached hydrogen (secondary N) is 1. The van der Waals surface area contributed by atoms with Crippen LogP contribution in [0.3, 0.4) is 0 Å². The Kier molecular flexibility index (Phi) is 4.52. The third kappa shape index (κ3) is 3.78. The van der Waals surface area contributed by atoms with Gasteiger partial charge in [-0.3, -0.25) is 0 Å². The molecule has 46 valence electrons. The molecule has 0 radical (unpaired) electrons. The molecule has 0 atom stereocenters. The summed E-state index contributed by atoms with van der Waals surface area (Å²) in [6.07, 6.45) is 2.22. The molecule has 0 saturated carbocycles. The van der Waals surface area contributed by atoms with Gasteiger partial charge in [-0.05, 0) is 6.42 Å². The lowest BCUT2D eigenvalue weighted by molar-refractivity contribution is 0.811. The van der Waals surface area contributed by atoms with E-state index in [9.17, 15) is 0 Å². The quantitative estimate of drug-likeness (QED) is 0.522. The number of hydrogen-bond acceptors (Lipinski definition) is 1. The van der Waals surface area contributed by atoms with E-state index in [0.29, 0.717) is 0 Å². The van der Waals surface area contributed by atoms with E-state index in [1.165, 1.54) is 6.32 Å². The van der Waals surface area contributed by atoms with Crippen LogP contribution >= 0.6 is 0 Å². The Morgan fingerprint density at radius 2 is 2.38 bits per heavy atom. The summed E-state index contributed by atoms with van der Waals surface area (Å²) < 4.78 is 0. The second-order valence-electron chi connectivity index (χ2n) is 1.88. The molecule has 0 unspecified atom stereocenters. The third-order valence-electron chi connectivity index (χ3n) is 1.05. The van der Waals surface area contributed by atoms with E-state index in [1.807, 2.05) is 0 Å². The lowest BCUT2D eigenvalue weighted by atomic mass is 10.1. The van der Waals surface area contributed by atoms with Crippen molar-refractivity contribution in [2.45, 2.75) is 19.7 Å². The highest BCUT2D eigenvalue weighted by Crippen LogP contribution is 1.88. The van der Waals surface area contributed by atoms with Gasteiger partial charge in [0.2, 0.25) is 0 Å². The van der Waals surface area contributed by atoms with Crippen molar-refractivity contribution in [3.8, 4) is 0 Å². The van der Waals surface area contributed by atoms with Crippen molar-refractivity contribution in [2.24, 2.45) is 0 Å². The van der Waals surface area contributed by atoms with Crippen molar-refractivity contribution in [1.29, 1.82) is 0 Å². The van der Waals surface area contributed by atoms with Crippen LogP contribution in [0.2, 0.25) is 6.32 Å². The van der Waals surface area contributed by atoms with Gasteiger partial charge in [-0.15, -0.1) is 0 Å². The molecule has 0 aromatic heterocycles. The first-order valence-corrected chi connectivity index (χ1v) is 3.22. The summed E-state index contributed by atoms with van der Waals surface area (Å²) in [5.41, 5.74) is 1.15. The van der Waals surface area contributed by atoms with Gasteiger partial charge in [0, 0.05) is 12.2 Å². The molecule has 0 rings (SSSR count). The lowest BCUT2D eigenvalue weighted by Crippen LogP contribution is -2.12. The fourth-order valence-electron chi connectivity index (χ4n) is 0.427. The van der Waals surface area contributed by atoms with Crippen LogP contribution in [0.15, 0.2) is 12.3 Å². The molecule has 0 fully saturated rings. The van der Waals surface area contributed by atoms with Gasteiger partial charge >= 0.3 is 0 Å². The highest BCUT2D eigenvalue weighted by atomic mass is 14.9. The van der Waals surface area contributed by atoms with Crippen molar-refractivity contribution in [2.75, 3.05) is 6.54 Å². The average molecular weight is 111 g/mol. The van der Waals surface area contributed by atoms with Crippen LogP contribution in [-0.2, 0) is 0 Å². The van der Waals surface area contributed by atoms with Crippen molar-refractivity contribution in [1.82, 2.24) is 5.32 Å². The fraction of sp³-hybridized carbons (Fsp3) is 0.667. The van der Waals surface area contributed by atoms with Crippen molar-refractivity contribution in [3.63, 3.8) is 0 Å². The zero-order valence-electron chi connectivity index (χ0n) is 5.83. The lowest BCUT2D eigenvalue weighted by Gasteiger charge is -2.03. The van der Waals surface area contributed by atoms with Crippen LogP contribution in [0.1, 0.15) is 13.3 Å². The van der Waals surface area contributed by atoms with Crippen LogP contribution in [0.4, 0.5) is 0 Å². The minimum Gasteiger partial charge on any atom is -0.390 e. The van der Waals surface area contributed by atoms with Gasteiger partial charge in [0.1, 0.15) is 7.85 Å². The largest absolute Gasteiger partial charge is 0.390 e. The van der Waals surface area contributed by atoms with E-state index in [1.54, 1.807) is 0 Å². The summed E-state index contributed by atoms with van der Waals surface area (Å²) in [7, 11) is 2.15. The van der Waals surface area contributed by atoms with Gasteiger partial charge in [-0.25, -0.2) is 0 Å². The van der Waals surface area contributed by atoms with Gasteiger partial charge in [-0.1, -0.05) is 19.8 Å². The van der Waals surface area contributed by atoms with Gasteiger partial charge < -0.3 is 5.32 Å². The maximum absolute atomic E-state index is 3.80. The second kappa shape index (κ2) is 4.76. The van der Waals surface area contributed by atoms with Crippen LogP contribution in [0, 0.1) is 0 Å². The van der Waals surface area contributed by atoms with Gasteiger partial charge in [0.15, 0.2) is 0 Å². The predicted molar refractivity (Wildman–Crippen MR) is 40.8 cm³/mol. The zero-order valence-corrected chi connectivity index (χ0v) is 5.83. The molecule has 0 aromatic rings. The molecule has 0 heterocycles. The fourth-order valence-corrected chi connectivity index (χ4v) is 0.427. The number of hydrogen-bond donors (Lipinski definition) is 1. The third-order valence-corrected chi connectivity index (χ3v) is 1.05.